The van der Waals surface area contributed by atoms with Crippen LogP contribution in [0.5, 0.6) is 11.5 Å². The molecule has 6 heterocycles. The first-order valence-corrected chi connectivity index (χ1v) is 16.1. The predicted molar refractivity (Wildman–Crippen MR) is 173 cm³/mol. The standard InChI is InChI=1S/C34H35F3N8O4/c1-3-21-18-45(29(46)13-20-4-5-22(26(12-20)34(35,36)37)17-44-10-8-43(2)9-11-44)19-23-14-24(16-39-30(21)23)48-28-6-7-38-31-25(28)15-27(40-31)32-41-42-33(47)49-32/h4-7,12,14-16,21H,3,8-11,13,17-19H2,1-2H3,(H,38,40)(H,42,47)/t21-/m0/s1. The number of halogens is 3. The molecule has 1 atom stereocenters. The molecular formula is C34H35F3N8O4. The number of pyridine rings is 2. The summed E-state index contributed by atoms with van der Waals surface area (Å²) in [5.41, 5.74) is 2.46. The number of benzene rings is 1. The zero-order valence-corrected chi connectivity index (χ0v) is 27.0. The highest BCUT2D eigenvalue weighted by molar-refractivity contribution is 5.87. The van der Waals surface area contributed by atoms with E-state index in [0.717, 1.165) is 36.8 Å². The summed E-state index contributed by atoms with van der Waals surface area (Å²) in [7, 11) is 2.00. The second-order valence-electron chi connectivity index (χ2n) is 12.6. The summed E-state index contributed by atoms with van der Waals surface area (Å²) in [5, 5.41) is 6.70. The van der Waals surface area contributed by atoms with Crippen LogP contribution in [0.15, 0.2) is 58.0 Å². The molecule has 7 rings (SSSR count). The maximum atomic E-state index is 14.2. The summed E-state index contributed by atoms with van der Waals surface area (Å²) in [6, 6.07) is 9.53. The fraction of sp³-hybridized carbons (Fsp3) is 0.382. The van der Waals surface area contributed by atoms with Crippen molar-refractivity contribution < 1.29 is 27.1 Å². The average molecular weight is 677 g/mol. The van der Waals surface area contributed by atoms with Gasteiger partial charge in [0, 0.05) is 57.9 Å². The fourth-order valence-electron chi connectivity index (χ4n) is 6.53. The van der Waals surface area contributed by atoms with Gasteiger partial charge in [0.2, 0.25) is 5.91 Å². The van der Waals surface area contributed by atoms with Crippen LogP contribution in [-0.2, 0) is 30.5 Å². The van der Waals surface area contributed by atoms with E-state index in [9.17, 15) is 22.8 Å². The molecular weight excluding hydrogens is 641 g/mol. The van der Waals surface area contributed by atoms with Gasteiger partial charge in [0.15, 0.2) is 0 Å². The number of piperazine rings is 1. The van der Waals surface area contributed by atoms with Crippen LogP contribution in [0.2, 0.25) is 0 Å². The highest BCUT2D eigenvalue weighted by atomic mass is 19.4. The number of nitrogens with one attached hydrogen (secondary N) is 2. The molecule has 0 unspecified atom stereocenters. The first-order valence-electron chi connectivity index (χ1n) is 16.1. The maximum absolute atomic E-state index is 14.2. The summed E-state index contributed by atoms with van der Waals surface area (Å²) in [4.78, 5) is 43.0. The van der Waals surface area contributed by atoms with E-state index in [1.165, 1.54) is 6.07 Å². The Bertz CT molecular complexity index is 2050. The number of carbonyl (C=O) groups is 1. The van der Waals surface area contributed by atoms with Crippen molar-refractivity contribution in [3.05, 3.63) is 87.3 Å². The number of hydrogen-bond acceptors (Lipinski definition) is 9. The molecule has 5 aromatic rings. The number of ether oxygens (including phenoxy) is 1. The molecule has 0 bridgehead atoms. The zero-order chi connectivity index (χ0) is 34.3. The summed E-state index contributed by atoms with van der Waals surface area (Å²) >= 11 is 0. The summed E-state index contributed by atoms with van der Waals surface area (Å²) in [6.07, 6.45) is -0.746. The number of alkyl halides is 3. The van der Waals surface area contributed by atoms with E-state index in [1.807, 2.05) is 24.9 Å². The summed E-state index contributed by atoms with van der Waals surface area (Å²) in [6.45, 7) is 5.93. The first kappa shape index (κ1) is 32.5. The zero-order valence-electron chi connectivity index (χ0n) is 27.0. The smallest absolute Gasteiger partial charge is 0.434 e. The summed E-state index contributed by atoms with van der Waals surface area (Å²) < 4.78 is 53.9. The van der Waals surface area contributed by atoms with E-state index in [2.05, 4.69) is 25.1 Å². The van der Waals surface area contributed by atoms with Gasteiger partial charge in [-0.25, -0.2) is 14.9 Å². The molecule has 0 spiro atoms. The molecule has 256 valence electrons. The number of rotatable bonds is 8. The average Bonchev–Trinajstić information content (AvgIpc) is 3.72. The van der Waals surface area contributed by atoms with Crippen molar-refractivity contribution in [2.45, 2.75) is 44.9 Å². The van der Waals surface area contributed by atoms with Crippen LogP contribution < -0.4 is 10.5 Å². The van der Waals surface area contributed by atoms with Crippen LogP contribution in [0.4, 0.5) is 13.2 Å². The molecule has 4 aromatic heterocycles. The molecule has 0 saturated carbocycles. The molecule has 49 heavy (non-hydrogen) atoms. The Balaban J connectivity index is 1.08. The fourth-order valence-corrected chi connectivity index (χ4v) is 6.53. The van der Waals surface area contributed by atoms with E-state index in [0.29, 0.717) is 53.4 Å². The topological polar surface area (TPSA) is 136 Å². The van der Waals surface area contributed by atoms with Crippen LogP contribution in [0, 0.1) is 0 Å². The largest absolute Gasteiger partial charge is 0.455 e. The molecule has 12 nitrogen and oxygen atoms in total. The number of nitrogens with zero attached hydrogens (tertiary/aromatic N) is 6. The van der Waals surface area contributed by atoms with Gasteiger partial charge in [-0.3, -0.25) is 14.7 Å². The Kier molecular flexibility index (Phi) is 8.71. The van der Waals surface area contributed by atoms with E-state index < -0.39 is 17.5 Å². The first-order chi connectivity index (χ1) is 23.5. The molecule has 2 aliphatic heterocycles. The molecule has 1 fully saturated rings. The number of likely N-dealkylation sites (N-methyl/N-ethyl adjacent to an activating group) is 1. The Morgan fingerprint density at radius 2 is 1.92 bits per heavy atom. The second kappa shape index (κ2) is 13.1. The Morgan fingerprint density at radius 3 is 2.65 bits per heavy atom. The molecule has 0 aliphatic carbocycles. The van der Waals surface area contributed by atoms with Gasteiger partial charge in [0.05, 0.1) is 29.3 Å². The second-order valence-corrected chi connectivity index (χ2v) is 12.6. The van der Waals surface area contributed by atoms with Gasteiger partial charge in [-0.05, 0) is 54.4 Å². The van der Waals surface area contributed by atoms with Crippen molar-refractivity contribution in [1.29, 1.82) is 0 Å². The van der Waals surface area contributed by atoms with Crippen molar-refractivity contribution in [3.63, 3.8) is 0 Å². The molecule has 15 heteroatoms. The van der Waals surface area contributed by atoms with Gasteiger partial charge in [-0.2, -0.15) is 13.2 Å². The number of aromatic amines is 2. The number of carbonyl (C=O) groups excluding carboxylic acids is 1. The van der Waals surface area contributed by atoms with Crippen molar-refractivity contribution in [2.24, 2.45) is 0 Å². The van der Waals surface area contributed by atoms with Crippen LogP contribution in [0.1, 0.15) is 47.2 Å². The summed E-state index contributed by atoms with van der Waals surface area (Å²) in [5.74, 6) is 0.0142. The van der Waals surface area contributed by atoms with Gasteiger partial charge in [-0.1, -0.05) is 19.1 Å². The minimum absolute atomic E-state index is 0.0400. The van der Waals surface area contributed by atoms with Crippen LogP contribution in [0.25, 0.3) is 22.6 Å². The third-order valence-electron chi connectivity index (χ3n) is 9.22. The molecule has 2 N–H and O–H groups in total. The number of amides is 1. The highest BCUT2D eigenvalue weighted by Crippen LogP contribution is 2.36. The Morgan fingerprint density at radius 1 is 1.10 bits per heavy atom. The van der Waals surface area contributed by atoms with Crippen LogP contribution >= 0.6 is 0 Å². The van der Waals surface area contributed by atoms with Gasteiger partial charge < -0.3 is 23.9 Å². The third-order valence-corrected chi connectivity index (χ3v) is 9.22. The van der Waals surface area contributed by atoms with Crippen molar-refractivity contribution in [1.82, 2.24) is 39.8 Å². The van der Waals surface area contributed by atoms with Crippen LogP contribution in [-0.4, -0.2) is 85.5 Å². The lowest BCUT2D eigenvalue weighted by Crippen LogP contribution is -2.44. The van der Waals surface area contributed by atoms with E-state index in [4.69, 9.17) is 14.1 Å². The minimum Gasteiger partial charge on any atom is -0.455 e. The lowest BCUT2D eigenvalue weighted by molar-refractivity contribution is -0.138. The van der Waals surface area contributed by atoms with Gasteiger partial charge >= 0.3 is 11.9 Å². The molecule has 1 aromatic carbocycles. The van der Waals surface area contributed by atoms with Gasteiger partial charge in [-0.15, -0.1) is 5.10 Å². The lowest BCUT2D eigenvalue weighted by Gasteiger charge is -2.34. The lowest BCUT2D eigenvalue weighted by atomic mass is 9.92. The molecule has 1 saturated heterocycles. The van der Waals surface area contributed by atoms with Gasteiger partial charge in [0.25, 0.3) is 5.89 Å². The van der Waals surface area contributed by atoms with Crippen molar-refractivity contribution >= 4 is 16.9 Å². The van der Waals surface area contributed by atoms with Crippen LogP contribution in [0.3, 0.4) is 0 Å². The molecule has 0 radical (unpaired) electrons. The predicted octanol–water partition coefficient (Wildman–Crippen LogP) is 4.94. The van der Waals surface area contributed by atoms with Crippen molar-refractivity contribution in [3.8, 4) is 23.1 Å². The maximum Gasteiger partial charge on any atom is 0.434 e. The van der Waals surface area contributed by atoms with E-state index >= 15 is 0 Å². The third kappa shape index (κ3) is 6.94. The molecule has 1 amide bonds. The quantitative estimate of drug-likeness (QED) is 0.234. The highest BCUT2D eigenvalue weighted by Gasteiger charge is 2.35. The SMILES string of the molecule is CC[C@H]1CN(C(=O)Cc2ccc(CN3CCN(C)CC3)c(C(F)(F)F)c2)Cc2cc(Oc3ccnc4[nH]c(-c5n[nH]c(=O)o5)cc34)cnc21. The number of aromatic nitrogens is 5. The number of hydrogen-bond donors (Lipinski definition) is 2. The normalized spacial score (nSPS) is 17.4. The Hall–Kier alpha value is -5.02. The number of fused-ring (bicyclic) bond motifs is 2. The minimum atomic E-state index is -4.53. The molecule has 2 aliphatic rings. The van der Waals surface area contributed by atoms with Gasteiger partial charge in [0.1, 0.15) is 22.8 Å². The van der Waals surface area contributed by atoms with Crippen molar-refractivity contribution in [2.75, 3.05) is 39.8 Å². The Labute approximate surface area is 278 Å². The monoisotopic (exact) mass is 676 g/mol. The number of H-pyrrole nitrogens is 2. The van der Waals surface area contributed by atoms with E-state index in [1.54, 1.807) is 35.5 Å². The van der Waals surface area contributed by atoms with E-state index in [-0.39, 0.29) is 42.8 Å².